The lowest BCUT2D eigenvalue weighted by atomic mass is 9.98. The fourth-order valence-electron chi connectivity index (χ4n) is 3.95. The molecule has 174 valence electrons. The SMILES string of the molecule is Cc1ccc2c(c1C)=NC(=O)C(CCNC(=O)c1ccc(S(=O)(=O)N3CCOCC3)cc1)C=2. The van der Waals surface area contributed by atoms with Crippen LogP contribution < -0.4 is 15.9 Å². The highest BCUT2D eigenvalue weighted by Gasteiger charge is 2.26. The molecule has 0 bridgehead atoms. The molecule has 4 rings (SSSR count). The van der Waals surface area contributed by atoms with Gasteiger partial charge in [-0.1, -0.05) is 18.2 Å². The fraction of sp³-hybridized carbons (Fsp3) is 0.375. The molecule has 0 aromatic heterocycles. The molecule has 2 aliphatic heterocycles. The van der Waals surface area contributed by atoms with Gasteiger partial charge in [0.1, 0.15) is 0 Å². The molecule has 1 saturated heterocycles. The third kappa shape index (κ3) is 4.90. The van der Waals surface area contributed by atoms with Gasteiger partial charge in [0.2, 0.25) is 10.0 Å². The Hall–Kier alpha value is -2.88. The maximum absolute atomic E-state index is 12.7. The Morgan fingerprint density at radius 3 is 2.52 bits per heavy atom. The summed E-state index contributed by atoms with van der Waals surface area (Å²) in [5.74, 6) is -0.915. The largest absolute Gasteiger partial charge is 0.379 e. The van der Waals surface area contributed by atoms with Crippen LogP contribution in [0.2, 0.25) is 0 Å². The van der Waals surface area contributed by atoms with Crippen LogP contribution in [0.4, 0.5) is 0 Å². The van der Waals surface area contributed by atoms with E-state index < -0.39 is 10.0 Å². The second-order valence-electron chi connectivity index (χ2n) is 8.25. The molecule has 0 saturated carbocycles. The monoisotopic (exact) mass is 469 g/mol. The number of hydrogen-bond acceptors (Lipinski definition) is 5. The molecule has 9 heteroatoms. The Morgan fingerprint density at radius 2 is 1.82 bits per heavy atom. The minimum absolute atomic E-state index is 0.147. The zero-order valence-corrected chi connectivity index (χ0v) is 19.5. The van der Waals surface area contributed by atoms with Crippen molar-refractivity contribution < 1.29 is 22.7 Å². The number of morpholine rings is 1. The first kappa shape index (κ1) is 23.3. The van der Waals surface area contributed by atoms with Crippen molar-refractivity contribution >= 4 is 27.9 Å². The van der Waals surface area contributed by atoms with E-state index in [-0.39, 0.29) is 22.6 Å². The summed E-state index contributed by atoms with van der Waals surface area (Å²) >= 11 is 0. The first-order valence-corrected chi connectivity index (χ1v) is 12.4. The third-order valence-electron chi connectivity index (χ3n) is 6.12. The molecular formula is C24H27N3O5S. The molecule has 2 aromatic carbocycles. The van der Waals surface area contributed by atoms with Crippen molar-refractivity contribution in [3.63, 3.8) is 0 Å². The van der Waals surface area contributed by atoms with Crippen LogP contribution in [0.25, 0.3) is 6.08 Å². The minimum atomic E-state index is -3.60. The average molecular weight is 470 g/mol. The smallest absolute Gasteiger partial charge is 0.253 e. The number of ether oxygens (including phenoxy) is 1. The second kappa shape index (κ2) is 9.54. The van der Waals surface area contributed by atoms with Crippen molar-refractivity contribution in [2.24, 2.45) is 10.9 Å². The molecule has 33 heavy (non-hydrogen) atoms. The lowest BCUT2D eigenvalue weighted by molar-refractivity contribution is -0.120. The first-order valence-electron chi connectivity index (χ1n) is 10.9. The number of nitrogens with one attached hydrogen (secondary N) is 1. The zero-order chi connectivity index (χ0) is 23.6. The molecule has 1 N–H and O–H groups in total. The van der Waals surface area contributed by atoms with Gasteiger partial charge < -0.3 is 10.1 Å². The van der Waals surface area contributed by atoms with Gasteiger partial charge in [-0.25, -0.2) is 13.4 Å². The van der Waals surface area contributed by atoms with Crippen molar-refractivity contribution in [2.45, 2.75) is 25.2 Å². The number of benzene rings is 2. The quantitative estimate of drug-likeness (QED) is 0.671. The predicted molar refractivity (Wildman–Crippen MR) is 123 cm³/mol. The maximum atomic E-state index is 12.7. The van der Waals surface area contributed by atoms with Crippen molar-refractivity contribution in [3.05, 3.63) is 63.7 Å². The number of aryl methyl sites for hydroxylation is 1. The molecule has 0 aliphatic carbocycles. The van der Waals surface area contributed by atoms with Crippen molar-refractivity contribution in [1.82, 2.24) is 9.62 Å². The summed E-state index contributed by atoms with van der Waals surface area (Å²) < 4.78 is 32.0. The van der Waals surface area contributed by atoms with Gasteiger partial charge in [0, 0.05) is 25.2 Å². The fourth-order valence-corrected chi connectivity index (χ4v) is 5.36. The molecule has 1 unspecified atom stereocenters. The lowest BCUT2D eigenvalue weighted by Crippen LogP contribution is -2.40. The van der Waals surface area contributed by atoms with Gasteiger partial charge >= 0.3 is 0 Å². The lowest BCUT2D eigenvalue weighted by Gasteiger charge is -2.26. The van der Waals surface area contributed by atoms with Crippen LogP contribution in [0.5, 0.6) is 0 Å². The number of nitrogens with zero attached hydrogens (tertiary/aromatic N) is 2. The highest BCUT2D eigenvalue weighted by molar-refractivity contribution is 7.89. The summed E-state index contributed by atoms with van der Waals surface area (Å²) in [7, 11) is -3.60. The predicted octanol–water partition coefficient (Wildman–Crippen LogP) is 0.701. The van der Waals surface area contributed by atoms with Gasteiger partial charge in [-0.15, -0.1) is 0 Å². The van der Waals surface area contributed by atoms with E-state index in [1.807, 2.05) is 32.1 Å². The number of amides is 2. The van der Waals surface area contributed by atoms with E-state index >= 15 is 0 Å². The van der Waals surface area contributed by atoms with E-state index in [9.17, 15) is 18.0 Å². The number of sulfonamides is 1. The number of carbonyl (C=O) groups excluding carboxylic acids is 2. The Balaban J connectivity index is 1.37. The van der Waals surface area contributed by atoms with Gasteiger partial charge in [0.15, 0.2) is 0 Å². The summed E-state index contributed by atoms with van der Waals surface area (Å²) in [5, 5.41) is 4.47. The second-order valence-corrected chi connectivity index (χ2v) is 10.2. The maximum Gasteiger partial charge on any atom is 0.253 e. The van der Waals surface area contributed by atoms with Gasteiger partial charge in [-0.05, 0) is 60.9 Å². The van der Waals surface area contributed by atoms with Gasteiger partial charge in [0.05, 0.1) is 29.4 Å². The Morgan fingerprint density at radius 1 is 1.12 bits per heavy atom. The summed E-state index contributed by atoms with van der Waals surface area (Å²) in [6.07, 6.45) is 2.35. The van der Waals surface area contributed by atoms with Crippen LogP contribution in [0.15, 0.2) is 46.3 Å². The van der Waals surface area contributed by atoms with Crippen molar-refractivity contribution in [3.8, 4) is 0 Å². The molecule has 1 fully saturated rings. The van der Waals surface area contributed by atoms with Crippen LogP contribution in [0, 0.1) is 19.8 Å². The molecule has 0 radical (unpaired) electrons. The standard InChI is InChI=1S/C24H27N3O5S/c1-16-3-4-19-15-20(24(29)26-22(19)17(16)2)9-10-25-23(28)18-5-7-21(8-6-18)33(30,31)27-11-13-32-14-12-27/h3-8,15,20H,9-14H2,1-2H3,(H,25,28). The summed E-state index contributed by atoms with van der Waals surface area (Å²) in [6.45, 7) is 5.63. The van der Waals surface area contributed by atoms with E-state index in [4.69, 9.17) is 4.74 Å². The van der Waals surface area contributed by atoms with Crippen LogP contribution >= 0.6 is 0 Å². The summed E-state index contributed by atoms with van der Waals surface area (Å²) in [4.78, 5) is 29.4. The molecular weight excluding hydrogens is 442 g/mol. The topological polar surface area (TPSA) is 105 Å². The number of fused-ring (bicyclic) bond motifs is 1. The molecule has 8 nitrogen and oxygen atoms in total. The first-order chi connectivity index (χ1) is 15.8. The molecule has 2 aliphatic rings. The Kier molecular flexibility index (Phi) is 6.73. The molecule has 2 heterocycles. The van der Waals surface area contributed by atoms with Gasteiger partial charge in [-0.3, -0.25) is 9.59 Å². The van der Waals surface area contributed by atoms with Crippen LogP contribution in [-0.4, -0.2) is 57.4 Å². The van der Waals surface area contributed by atoms with Crippen molar-refractivity contribution in [1.29, 1.82) is 0 Å². The van der Waals surface area contributed by atoms with E-state index in [0.717, 1.165) is 21.7 Å². The van der Waals surface area contributed by atoms with Crippen molar-refractivity contribution in [2.75, 3.05) is 32.8 Å². The van der Waals surface area contributed by atoms with Gasteiger partial charge in [0.25, 0.3) is 11.8 Å². The Bertz CT molecular complexity index is 1300. The number of hydrogen-bond donors (Lipinski definition) is 1. The highest BCUT2D eigenvalue weighted by Crippen LogP contribution is 2.18. The van der Waals surface area contributed by atoms with E-state index in [0.29, 0.717) is 44.8 Å². The molecule has 2 aromatic rings. The Labute approximate surface area is 193 Å². The van der Waals surface area contributed by atoms with Crippen LogP contribution in [0.1, 0.15) is 27.9 Å². The van der Waals surface area contributed by atoms with Crippen LogP contribution in [0.3, 0.4) is 0 Å². The summed E-state index contributed by atoms with van der Waals surface area (Å²) in [6, 6.07) is 9.86. The van der Waals surface area contributed by atoms with Gasteiger partial charge in [-0.2, -0.15) is 4.31 Å². The number of rotatable bonds is 6. The molecule has 1 atom stereocenters. The minimum Gasteiger partial charge on any atom is -0.379 e. The molecule has 0 spiro atoms. The zero-order valence-electron chi connectivity index (χ0n) is 18.7. The molecule has 2 amide bonds. The highest BCUT2D eigenvalue weighted by atomic mass is 32.2. The van der Waals surface area contributed by atoms with E-state index in [1.165, 1.54) is 28.6 Å². The average Bonchev–Trinajstić information content (AvgIpc) is 2.83. The number of carbonyl (C=O) groups is 2. The third-order valence-corrected chi connectivity index (χ3v) is 8.03. The normalized spacial score (nSPS) is 18.7. The summed E-state index contributed by atoms with van der Waals surface area (Å²) in [5.41, 5.74) is 2.45. The van der Waals surface area contributed by atoms with Crippen LogP contribution in [-0.2, 0) is 19.6 Å². The van der Waals surface area contributed by atoms with E-state index in [2.05, 4.69) is 10.3 Å². The van der Waals surface area contributed by atoms with E-state index in [1.54, 1.807) is 0 Å².